The van der Waals surface area contributed by atoms with Crippen molar-refractivity contribution in [1.82, 2.24) is 9.80 Å². The number of rotatable bonds is 10. The van der Waals surface area contributed by atoms with E-state index in [1.54, 1.807) is 77.0 Å². The summed E-state index contributed by atoms with van der Waals surface area (Å²) in [6.07, 6.45) is 49.2. The van der Waals surface area contributed by atoms with E-state index in [-0.39, 0.29) is 0 Å². The van der Waals surface area contributed by atoms with Gasteiger partial charge in [-0.1, -0.05) is 80.1 Å². The van der Waals surface area contributed by atoms with E-state index in [4.69, 9.17) is 0 Å². The van der Waals surface area contributed by atoms with Crippen LogP contribution in [0.4, 0.5) is 0 Å². The van der Waals surface area contributed by atoms with Crippen LogP contribution in [0.1, 0.15) is 247 Å². The lowest BCUT2D eigenvalue weighted by Crippen LogP contribution is -2.63. The Bertz CT molecular complexity index is 1260. The van der Waals surface area contributed by atoms with Crippen LogP contribution in [0.25, 0.3) is 0 Å². The molecule has 0 bridgehead atoms. The van der Waals surface area contributed by atoms with Crippen LogP contribution in [0.2, 0.25) is 0 Å². The van der Waals surface area contributed by atoms with Gasteiger partial charge in [0.15, 0.2) is 0 Å². The highest BCUT2D eigenvalue weighted by Gasteiger charge is 2.53. The zero-order valence-corrected chi connectivity index (χ0v) is 42.2. The largest absolute Gasteiger partial charge is 0.294 e. The molecule has 10 aliphatic rings. The summed E-state index contributed by atoms with van der Waals surface area (Å²) in [5, 5.41) is 0. The van der Waals surface area contributed by atoms with Gasteiger partial charge in [0, 0.05) is 36.3 Å². The SMILES string of the molecule is CC1CCC(C2CC(C3CCC(N(C4CCC(C)CC4)C4CCC(N(C5CCC(C)CC5)C5CCC(C6CC(C7CCC(C)CC7)C6)C(C)C5)C5CCCCC54)CC3C)C2)CC1. The van der Waals surface area contributed by atoms with Crippen LogP contribution in [0.15, 0.2) is 0 Å². The predicted octanol–water partition coefficient (Wildman–Crippen LogP) is 16.4. The molecule has 0 heterocycles. The van der Waals surface area contributed by atoms with Crippen molar-refractivity contribution < 1.29 is 0 Å². The molecule has 2 heteroatoms. The topological polar surface area (TPSA) is 6.48 Å². The maximum absolute atomic E-state index is 3.43. The number of fused-ring (bicyclic) bond motifs is 1. The zero-order valence-electron chi connectivity index (χ0n) is 42.2. The minimum Gasteiger partial charge on any atom is -0.294 e. The third kappa shape index (κ3) is 9.77. The Balaban J connectivity index is 0.823. The fourth-order valence-electron chi connectivity index (χ4n) is 19.5. The molecule has 0 aromatic rings. The Morgan fingerprint density at radius 1 is 0.242 bits per heavy atom. The Kier molecular flexibility index (Phi) is 14.9. The minimum absolute atomic E-state index is 0.874. The molecule has 10 aliphatic carbocycles. The van der Waals surface area contributed by atoms with Crippen LogP contribution in [-0.2, 0) is 0 Å². The summed E-state index contributed by atoms with van der Waals surface area (Å²) in [5.74, 6) is 16.3. The van der Waals surface area contributed by atoms with E-state index in [0.29, 0.717) is 0 Å². The van der Waals surface area contributed by atoms with E-state index in [1.165, 1.54) is 128 Å². The van der Waals surface area contributed by atoms with Crippen molar-refractivity contribution in [2.45, 2.75) is 283 Å². The summed E-state index contributed by atoms with van der Waals surface area (Å²) in [4.78, 5) is 6.87. The molecule has 0 spiro atoms. The highest BCUT2D eigenvalue weighted by atomic mass is 15.3. The molecule has 0 aliphatic heterocycles. The third-order valence-corrected chi connectivity index (χ3v) is 23.5. The van der Waals surface area contributed by atoms with Crippen LogP contribution in [0.5, 0.6) is 0 Å². The Morgan fingerprint density at radius 3 is 0.903 bits per heavy atom. The van der Waals surface area contributed by atoms with Crippen molar-refractivity contribution in [1.29, 1.82) is 0 Å². The van der Waals surface area contributed by atoms with Gasteiger partial charge in [-0.25, -0.2) is 0 Å². The van der Waals surface area contributed by atoms with Crippen LogP contribution >= 0.6 is 0 Å². The predicted molar refractivity (Wildman–Crippen MR) is 264 cm³/mol. The Morgan fingerprint density at radius 2 is 0.565 bits per heavy atom. The van der Waals surface area contributed by atoms with Gasteiger partial charge in [-0.2, -0.15) is 0 Å². The molecule has 10 rings (SSSR count). The van der Waals surface area contributed by atoms with Gasteiger partial charge in [0.1, 0.15) is 0 Å². The van der Waals surface area contributed by atoms with Crippen LogP contribution < -0.4 is 0 Å². The van der Waals surface area contributed by atoms with Gasteiger partial charge in [0.2, 0.25) is 0 Å². The van der Waals surface area contributed by atoms with Crippen molar-refractivity contribution in [3.8, 4) is 0 Å². The summed E-state index contributed by atoms with van der Waals surface area (Å²) in [6, 6.07) is 5.27. The highest BCUT2D eigenvalue weighted by Crippen LogP contribution is 2.56. The van der Waals surface area contributed by atoms with E-state index in [0.717, 1.165) is 131 Å². The van der Waals surface area contributed by atoms with Gasteiger partial charge in [-0.05, 0) is 262 Å². The molecule has 2 nitrogen and oxygen atoms in total. The van der Waals surface area contributed by atoms with Crippen molar-refractivity contribution in [2.75, 3.05) is 0 Å². The summed E-state index contributed by atoms with van der Waals surface area (Å²) < 4.78 is 0. The van der Waals surface area contributed by atoms with E-state index in [1.807, 2.05) is 0 Å². The van der Waals surface area contributed by atoms with E-state index in [9.17, 15) is 0 Å². The maximum Gasteiger partial charge on any atom is 0.0133 e. The number of nitrogens with zero attached hydrogens (tertiary/aromatic N) is 2. The first kappa shape index (κ1) is 45.7. The van der Waals surface area contributed by atoms with Crippen molar-refractivity contribution >= 4 is 0 Å². The molecule has 0 aromatic heterocycles. The lowest BCUT2D eigenvalue weighted by molar-refractivity contribution is -0.1000. The molecule has 354 valence electrons. The molecule has 10 saturated carbocycles. The standard InChI is InChI=1S/C60H104N2/c1-39-11-19-45(20-12-39)47-35-49(36-47)55-29-27-53(33-43(55)5)61(51-23-15-41(3)16-24-51)59-31-32-60(58-10-8-7-9-57(58)59)62(52-25-17-42(4)18-26-52)54-28-30-56(44(6)34-54)50-37-48(38-50)46-21-13-40(2)14-22-46/h39-60H,7-38H2,1-6H3. The lowest BCUT2D eigenvalue weighted by atomic mass is 9.56. The molecule has 0 saturated heterocycles. The van der Waals surface area contributed by atoms with Crippen molar-refractivity contribution in [2.24, 2.45) is 94.7 Å². The van der Waals surface area contributed by atoms with Crippen LogP contribution in [0.3, 0.4) is 0 Å². The van der Waals surface area contributed by atoms with Crippen LogP contribution in [-0.4, -0.2) is 46.1 Å². The fourth-order valence-corrected chi connectivity index (χ4v) is 19.5. The minimum atomic E-state index is 0.874. The van der Waals surface area contributed by atoms with Gasteiger partial charge < -0.3 is 0 Å². The first-order chi connectivity index (χ1) is 30.2. The quantitative estimate of drug-likeness (QED) is 0.216. The average Bonchev–Trinajstić information content (AvgIpc) is 3.24. The van der Waals surface area contributed by atoms with Gasteiger partial charge in [0.25, 0.3) is 0 Å². The lowest BCUT2D eigenvalue weighted by Gasteiger charge is -2.60. The molecule has 0 radical (unpaired) electrons. The van der Waals surface area contributed by atoms with Gasteiger partial charge in [-0.15, -0.1) is 0 Å². The Hall–Kier alpha value is -0.0800. The molecule has 10 unspecified atom stereocenters. The van der Waals surface area contributed by atoms with E-state index < -0.39 is 0 Å². The molecular formula is C60H104N2. The van der Waals surface area contributed by atoms with Gasteiger partial charge >= 0.3 is 0 Å². The van der Waals surface area contributed by atoms with Crippen molar-refractivity contribution in [3.63, 3.8) is 0 Å². The molecule has 0 amide bonds. The Labute approximate surface area is 386 Å². The number of hydrogen-bond acceptors (Lipinski definition) is 2. The second-order valence-electron chi connectivity index (χ2n) is 27.3. The van der Waals surface area contributed by atoms with E-state index in [2.05, 4.69) is 51.3 Å². The molecule has 0 aromatic carbocycles. The number of hydrogen-bond donors (Lipinski definition) is 0. The normalized spacial score (nSPS) is 51.9. The second-order valence-corrected chi connectivity index (χ2v) is 27.3. The highest BCUT2D eigenvalue weighted by molar-refractivity contribution is 5.06. The third-order valence-electron chi connectivity index (χ3n) is 23.5. The molecule has 0 N–H and O–H groups in total. The molecule has 62 heavy (non-hydrogen) atoms. The van der Waals surface area contributed by atoms with E-state index >= 15 is 0 Å². The summed E-state index contributed by atoms with van der Waals surface area (Å²) in [5.41, 5.74) is 0. The van der Waals surface area contributed by atoms with Gasteiger partial charge in [0.05, 0.1) is 0 Å². The summed E-state index contributed by atoms with van der Waals surface area (Å²) in [7, 11) is 0. The summed E-state index contributed by atoms with van der Waals surface area (Å²) >= 11 is 0. The molecule has 10 atom stereocenters. The average molecular weight is 854 g/mol. The van der Waals surface area contributed by atoms with Crippen molar-refractivity contribution in [3.05, 3.63) is 0 Å². The first-order valence-corrected chi connectivity index (χ1v) is 29.7. The molecule has 10 fully saturated rings. The first-order valence-electron chi connectivity index (χ1n) is 29.7. The fraction of sp³-hybridized carbons (Fsp3) is 1.00. The maximum atomic E-state index is 3.43. The van der Waals surface area contributed by atoms with Crippen LogP contribution in [0, 0.1) is 94.7 Å². The second kappa shape index (κ2) is 20.3. The molecular weight excluding hydrogens is 749 g/mol. The summed E-state index contributed by atoms with van der Waals surface area (Å²) in [6.45, 7) is 15.7. The smallest absolute Gasteiger partial charge is 0.0133 e. The zero-order chi connectivity index (χ0) is 42.5. The van der Waals surface area contributed by atoms with Gasteiger partial charge in [-0.3, -0.25) is 9.80 Å². The monoisotopic (exact) mass is 853 g/mol.